The van der Waals surface area contributed by atoms with Crippen LogP contribution in [0.5, 0.6) is 0 Å². The molecule has 0 saturated carbocycles. The Morgan fingerprint density at radius 3 is 2.67 bits per heavy atom. The summed E-state index contributed by atoms with van der Waals surface area (Å²) in [5.74, 6) is -0.0427. The van der Waals surface area contributed by atoms with Crippen molar-refractivity contribution in [3.8, 4) is 0 Å². The van der Waals surface area contributed by atoms with E-state index in [1.807, 2.05) is 6.92 Å². The lowest BCUT2D eigenvalue weighted by molar-refractivity contribution is -0.144. The summed E-state index contributed by atoms with van der Waals surface area (Å²) < 4.78 is 5.74. The minimum absolute atomic E-state index is 0.114. The third kappa shape index (κ3) is 7.19. The Balaban J connectivity index is 2.51. The molecule has 0 atom stereocenters. The Labute approximate surface area is 133 Å². The molecule has 116 valence electrons. The first kappa shape index (κ1) is 17.6. The van der Waals surface area contributed by atoms with Crippen molar-refractivity contribution in [3.05, 3.63) is 22.8 Å². The average Bonchev–Trinajstić information content (AvgIpc) is 2.41. The number of aromatic nitrogens is 1. The van der Waals surface area contributed by atoms with Gasteiger partial charge in [-0.1, -0.05) is 6.92 Å². The molecule has 21 heavy (non-hydrogen) atoms. The number of anilines is 1. The highest BCUT2D eigenvalue weighted by molar-refractivity contribution is 9.10. The van der Waals surface area contributed by atoms with Gasteiger partial charge in [0.25, 0.3) is 0 Å². The average molecular weight is 358 g/mol. The zero-order valence-electron chi connectivity index (χ0n) is 12.3. The lowest BCUT2D eigenvalue weighted by Gasteiger charge is -2.19. The Morgan fingerprint density at radius 1 is 1.33 bits per heavy atom. The zero-order chi connectivity index (χ0) is 15.7. The van der Waals surface area contributed by atoms with Crippen molar-refractivity contribution in [3.63, 3.8) is 0 Å². The van der Waals surface area contributed by atoms with Gasteiger partial charge in [-0.15, -0.1) is 0 Å². The van der Waals surface area contributed by atoms with E-state index in [0.29, 0.717) is 19.0 Å². The second kappa shape index (κ2) is 9.46. The van der Waals surface area contributed by atoms with Gasteiger partial charge in [0.05, 0.1) is 19.7 Å². The monoisotopic (exact) mass is 357 g/mol. The number of amides is 1. The van der Waals surface area contributed by atoms with Crippen LogP contribution < -0.4 is 5.32 Å². The van der Waals surface area contributed by atoms with E-state index in [0.717, 1.165) is 10.9 Å². The van der Waals surface area contributed by atoms with Crippen molar-refractivity contribution < 1.29 is 14.3 Å². The molecule has 7 heteroatoms. The normalized spacial score (nSPS) is 10.5. The second-order valence-electron chi connectivity index (χ2n) is 4.43. The van der Waals surface area contributed by atoms with E-state index in [-0.39, 0.29) is 25.0 Å². The molecule has 0 aliphatic carbocycles. The lowest BCUT2D eigenvalue weighted by atomic mass is 10.3. The highest BCUT2D eigenvalue weighted by Gasteiger charge is 2.15. The van der Waals surface area contributed by atoms with Crippen molar-refractivity contribution in [1.29, 1.82) is 0 Å². The molecule has 0 radical (unpaired) electrons. The molecule has 1 aromatic heterocycles. The van der Waals surface area contributed by atoms with Crippen LogP contribution >= 0.6 is 15.9 Å². The quantitative estimate of drug-likeness (QED) is 0.721. The maximum atomic E-state index is 12.0. The topological polar surface area (TPSA) is 71.5 Å². The molecule has 0 spiro atoms. The molecular formula is C14H20BrN3O3. The molecule has 0 fully saturated rings. The minimum Gasteiger partial charge on any atom is -0.465 e. The van der Waals surface area contributed by atoms with E-state index in [2.05, 4.69) is 26.2 Å². The van der Waals surface area contributed by atoms with E-state index in [4.69, 9.17) is 4.74 Å². The highest BCUT2D eigenvalue weighted by Crippen LogP contribution is 2.10. The van der Waals surface area contributed by atoms with Crippen LogP contribution in [0.1, 0.15) is 20.3 Å². The van der Waals surface area contributed by atoms with Gasteiger partial charge in [-0.2, -0.15) is 0 Å². The molecule has 0 saturated heterocycles. The SMILES string of the molecule is CCCN(CC(=O)Nc1ccc(Br)cn1)CC(=O)OCC. The van der Waals surface area contributed by atoms with Crippen molar-refractivity contribution >= 4 is 33.6 Å². The first-order valence-corrected chi connectivity index (χ1v) is 7.63. The number of rotatable bonds is 8. The zero-order valence-corrected chi connectivity index (χ0v) is 13.9. The summed E-state index contributed by atoms with van der Waals surface area (Å²) in [4.78, 5) is 29.3. The third-order valence-corrected chi connectivity index (χ3v) is 3.03. The number of nitrogens with one attached hydrogen (secondary N) is 1. The van der Waals surface area contributed by atoms with Gasteiger partial charge in [-0.25, -0.2) is 4.98 Å². The summed E-state index contributed by atoms with van der Waals surface area (Å²) >= 11 is 3.28. The number of hydrogen-bond donors (Lipinski definition) is 1. The second-order valence-corrected chi connectivity index (χ2v) is 5.34. The molecule has 0 bridgehead atoms. The first-order chi connectivity index (χ1) is 10.0. The molecule has 0 aliphatic rings. The van der Waals surface area contributed by atoms with E-state index in [1.165, 1.54) is 0 Å². The predicted octanol–water partition coefficient (Wildman–Crippen LogP) is 2.06. The number of halogens is 1. The van der Waals surface area contributed by atoms with Crippen molar-refractivity contribution in [2.24, 2.45) is 0 Å². The number of ether oxygens (including phenoxy) is 1. The number of carbonyl (C=O) groups is 2. The highest BCUT2D eigenvalue weighted by atomic mass is 79.9. The van der Waals surface area contributed by atoms with Crippen LogP contribution in [-0.2, 0) is 14.3 Å². The van der Waals surface area contributed by atoms with Crippen LogP contribution in [0.3, 0.4) is 0 Å². The maximum absolute atomic E-state index is 12.0. The Kier molecular flexibility index (Phi) is 7.92. The summed E-state index contributed by atoms with van der Waals surface area (Å²) in [7, 11) is 0. The van der Waals surface area contributed by atoms with Crippen LogP contribution in [0.15, 0.2) is 22.8 Å². The van der Waals surface area contributed by atoms with Gasteiger partial charge in [-0.05, 0) is 48.0 Å². The van der Waals surface area contributed by atoms with Gasteiger partial charge in [0.15, 0.2) is 0 Å². The number of hydrogen-bond acceptors (Lipinski definition) is 5. The number of nitrogens with zero attached hydrogens (tertiary/aromatic N) is 2. The molecular weight excluding hydrogens is 338 g/mol. The van der Waals surface area contributed by atoms with Gasteiger partial charge in [0.2, 0.25) is 5.91 Å². The van der Waals surface area contributed by atoms with E-state index in [9.17, 15) is 9.59 Å². The standard InChI is InChI=1S/C14H20BrN3O3/c1-3-7-18(10-14(20)21-4-2)9-13(19)17-12-6-5-11(15)8-16-12/h5-6,8H,3-4,7,9-10H2,1-2H3,(H,16,17,19). The fourth-order valence-corrected chi connectivity index (χ4v) is 1.99. The number of pyridine rings is 1. The van der Waals surface area contributed by atoms with E-state index >= 15 is 0 Å². The molecule has 1 heterocycles. The molecule has 6 nitrogen and oxygen atoms in total. The Hall–Kier alpha value is -1.47. The van der Waals surface area contributed by atoms with Gasteiger partial charge >= 0.3 is 5.97 Å². The molecule has 1 rings (SSSR count). The van der Waals surface area contributed by atoms with Gasteiger partial charge in [0.1, 0.15) is 5.82 Å². The van der Waals surface area contributed by atoms with Crippen molar-refractivity contribution in [2.75, 3.05) is 31.6 Å². The Bertz CT molecular complexity index is 465. The van der Waals surface area contributed by atoms with Crippen LogP contribution in [0, 0.1) is 0 Å². The number of carbonyl (C=O) groups excluding carboxylic acids is 2. The number of esters is 1. The summed E-state index contributed by atoms with van der Waals surface area (Å²) in [5, 5.41) is 2.70. The molecule has 1 amide bonds. The smallest absolute Gasteiger partial charge is 0.320 e. The van der Waals surface area contributed by atoms with E-state index < -0.39 is 0 Å². The maximum Gasteiger partial charge on any atom is 0.320 e. The first-order valence-electron chi connectivity index (χ1n) is 6.84. The van der Waals surface area contributed by atoms with Crippen LogP contribution in [0.4, 0.5) is 5.82 Å². The van der Waals surface area contributed by atoms with Crippen LogP contribution in [0.2, 0.25) is 0 Å². The van der Waals surface area contributed by atoms with Crippen LogP contribution in [-0.4, -0.2) is 48.0 Å². The largest absolute Gasteiger partial charge is 0.465 e. The Morgan fingerprint density at radius 2 is 2.10 bits per heavy atom. The van der Waals surface area contributed by atoms with Gasteiger partial charge in [-0.3, -0.25) is 14.5 Å². The fourth-order valence-electron chi connectivity index (χ4n) is 1.75. The van der Waals surface area contributed by atoms with Gasteiger partial charge < -0.3 is 10.1 Å². The fraction of sp³-hybridized carbons (Fsp3) is 0.500. The van der Waals surface area contributed by atoms with E-state index in [1.54, 1.807) is 30.2 Å². The predicted molar refractivity (Wildman–Crippen MR) is 83.9 cm³/mol. The summed E-state index contributed by atoms with van der Waals surface area (Å²) in [6.45, 7) is 4.99. The minimum atomic E-state index is -0.319. The molecule has 0 aliphatic heterocycles. The summed E-state index contributed by atoms with van der Waals surface area (Å²) in [6, 6.07) is 3.50. The molecule has 0 unspecified atom stereocenters. The van der Waals surface area contributed by atoms with Crippen LogP contribution in [0.25, 0.3) is 0 Å². The van der Waals surface area contributed by atoms with Crippen molar-refractivity contribution in [1.82, 2.24) is 9.88 Å². The molecule has 1 aromatic rings. The van der Waals surface area contributed by atoms with Crippen molar-refractivity contribution in [2.45, 2.75) is 20.3 Å². The summed E-state index contributed by atoms with van der Waals surface area (Å²) in [6.07, 6.45) is 2.46. The van der Waals surface area contributed by atoms with Gasteiger partial charge in [0, 0.05) is 10.7 Å². The lowest BCUT2D eigenvalue weighted by Crippen LogP contribution is -2.38. The summed E-state index contributed by atoms with van der Waals surface area (Å²) in [5.41, 5.74) is 0. The third-order valence-electron chi connectivity index (χ3n) is 2.56. The molecule has 0 aromatic carbocycles. The molecule has 1 N–H and O–H groups in total.